The molecule has 0 heterocycles. The topological polar surface area (TPSA) is 20.2 Å². The normalized spacial score (nSPS) is 14.1. The molecule has 1 N–H and O–H groups in total. The zero-order valence-corrected chi connectivity index (χ0v) is 11.3. The Balaban J connectivity index is 2.37. The fourth-order valence-corrected chi connectivity index (χ4v) is 2.17. The van der Waals surface area contributed by atoms with Gasteiger partial charge in [0.05, 0.1) is 5.60 Å². The predicted octanol–water partition coefficient (Wildman–Crippen LogP) is 3.86. The summed E-state index contributed by atoms with van der Waals surface area (Å²) in [5, 5.41) is 10.4. The number of hydrogen-bond donors (Lipinski definition) is 1. The van der Waals surface area contributed by atoms with Crippen molar-refractivity contribution in [1.29, 1.82) is 0 Å². The van der Waals surface area contributed by atoms with Gasteiger partial charge in [0, 0.05) is 12.5 Å². The number of halogens is 3. The Morgan fingerprint density at radius 1 is 0.950 bits per heavy atom. The molecule has 20 heavy (non-hydrogen) atoms. The minimum atomic E-state index is -1.48. The van der Waals surface area contributed by atoms with Gasteiger partial charge in [0.1, 0.15) is 17.5 Å². The first-order valence-corrected chi connectivity index (χ1v) is 6.22. The molecule has 0 amide bonds. The van der Waals surface area contributed by atoms with Gasteiger partial charge in [0.2, 0.25) is 0 Å². The molecule has 2 aromatic rings. The van der Waals surface area contributed by atoms with Crippen molar-refractivity contribution in [3.63, 3.8) is 0 Å². The van der Waals surface area contributed by atoms with E-state index in [1.807, 2.05) is 0 Å². The highest BCUT2D eigenvalue weighted by molar-refractivity contribution is 5.31. The van der Waals surface area contributed by atoms with Gasteiger partial charge < -0.3 is 5.11 Å². The monoisotopic (exact) mass is 280 g/mol. The summed E-state index contributed by atoms with van der Waals surface area (Å²) in [5.41, 5.74) is 0.0449. The second-order valence-corrected chi connectivity index (χ2v) is 5.18. The predicted molar refractivity (Wildman–Crippen MR) is 70.8 cm³/mol. The lowest BCUT2D eigenvalue weighted by Gasteiger charge is -2.25. The van der Waals surface area contributed by atoms with Crippen LogP contribution in [-0.4, -0.2) is 5.11 Å². The zero-order chi connectivity index (χ0) is 14.9. The molecule has 1 unspecified atom stereocenters. The van der Waals surface area contributed by atoms with Crippen molar-refractivity contribution in [3.05, 3.63) is 70.5 Å². The van der Waals surface area contributed by atoms with E-state index in [2.05, 4.69) is 0 Å². The van der Waals surface area contributed by atoms with Gasteiger partial charge in [-0.2, -0.15) is 0 Å². The molecule has 0 aliphatic carbocycles. The van der Waals surface area contributed by atoms with Crippen LogP contribution in [0.5, 0.6) is 0 Å². The van der Waals surface area contributed by atoms with E-state index in [4.69, 9.17) is 0 Å². The average Bonchev–Trinajstić information content (AvgIpc) is 2.32. The smallest absolute Gasteiger partial charge is 0.126 e. The van der Waals surface area contributed by atoms with Crippen molar-refractivity contribution in [2.24, 2.45) is 0 Å². The highest BCUT2D eigenvalue weighted by Crippen LogP contribution is 2.28. The van der Waals surface area contributed by atoms with Crippen LogP contribution in [0.3, 0.4) is 0 Å². The molecule has 0 radical (unpaired) electrons. The molecule has 0 bridgehead atoms. The average molecular weight is 280 g/mol. The summed E-state index contributed by atoms with van der Waals surface area (Å²) in [6.07, 6.45) is 0.0689. The van der Waals surface area contributed by atoms with Crippen molar-refractivity contribution in [1.82, 2.24) is 0 Å². The third-order valence-electron chi connectivity index (χ3n) is 3.33. The second-order valence-electron chi connectivity index (χ2n) is 5.18. The van der Waals surface area contributed by atoms with Gasteiger partial charge in [-0.25, -0.2) is 13.2 Å². The van der Waals surface area contributed by atoms with Crippen LogP contribution in [0, 0.1) is 24.4 Å². The highest BCUT2D eigenvalue weighted by Gasteiger charge is 2.25. The van der Waals surface area contributed by atoms with Gasteiger partial charge in [-0.15, -0.1) is 0 Å². The van der Waals surface area contributed by atoms with Crippen molar-refractivity contribution >= 4 is 0 Å². The molecule has 1 atom stereocenters. The Kier molecular flexibility index (Phi) is 3.86. The van der Waals surface area contributed by atoms with Crippen LogP contribution >= 0.6 is 0 Å². The molecule has 0 fully saturated rings. The molecule has 106 valence electrons. The summed E-state index contributed by atoms with van der Waals surface area (Å²) in [4.78, 5) is 0. The maximum atomic E-state index is 13.3. The lowest BCUT2D eigenvalue weighted by molar-refractivity contribution is 0.0567. The van der Waals surface area contributed by atoms with Crippen molar-refractivity contribution < 1.29 is 18.3 Å². The van der Waals surface area contributed by atoms with Crippen molar-refractivity contribution in [2.45, 2.75) is 25.9 Å². The minimum Gasteiger partial charge on any atom is -0.385 e. The van der Waals surface area contributed by atoms with E-state index in [1.165, 1.54) is 19.1 Å². The first kappa shape index (κ1) is 14.6. The fourth-order valence-electron chi connectivity index (χ4n) is 2.17. The first-order chi connectivity index (χ1) is 9.28. The second kappa shape index (κ2) is 5.29. The molecular weight excluding hydrogens is 265 g/mol. The Hall–Kier alpha value is -1.81. The van der Waals surface area contributed by atoms with Crippen molar-refractivity contribution in [3.8, 4) is 0 Å². The van der Waals surface area contributed by atoms with E-state index in [9.17, 15) is 18.3 Å². The van der Waals surface area contributed by atoms with Crippen LogP contribution in [0.15, 0.2) is 36.4 Å². The minimum absolute atomic E-state index is 0.0689. The number of benzene rings is 2. The molecule has 2 aromatic carbocycles. The van der Waals surface area contributed by atoms with Gasteiger partial charge in [-0.3, -0.25) is 0 Å². The Morgan fingerprint density at radius 3 is 2.15 bits per heavy atom. The van der Waals surface area contributed by atoms with E-state index in [0.29, 0.717) is 5.56 Å². The molecular formula is C16H15F3O. The molecule has 0 saturated carbocycles. The quantitative estimate of drug-likeness (QED) is 0.905. The third kappa shape index (κ3) is 3.20. The van der Waals surface area contributed by atoms with E-state index in [-0.39, 0.29) is 12.0 Å². The summed E-state index contributed by atoms with van der Waals surface area (Å²) >= 11 is 0. The Bertz CT molecular complexity index is 615. The van der Waals surface area contributed by atoms with Crippen LogP contribution in [-0.2, 0) is 12.0 Å². The van der Waals surface area contributed by atoms with Gasteiger partial charge in [-0.05, 0) is 54.8 Å². The summed E-state index contributed by atoms with van der Waals surface area (Å²) in [7, 11) is 0. The maximum Gasteiger partial charge on any atom is 0.126 e. The van der Waals surface area contributed by atoms with Gasteiger partial charge in [-0.1, -0.05) is 6.07 Å². The number of aryl methyl sites for hydroxylation is 1. The largest absolute Gasteiger partial charge is 0.385 e. The van der Waals surface area contributed by atoms with E-state index in [0.717, 1.165) is 23.8 Å². The first-order valence-electron chi connectivity index (χ1n) is 6.22. The van der Waals surface area contributed by atoms with Gasteiger partial charge >= 0.3 is 0 Å². The van der Waals surface area contributed by atoms with Gasteiger partial charge in [0.15, 0.2) is 0 Å². The summed E-state index contributed by atoms with van der Waals surface area (Å²) in [5.74, 6) is -1.92. The number of rotatable bonds is 3. The van der Waals surface area contributed by atoms with E-state index in [1.54, 1.807) is 13.0 Å². The molecule has 0 saturated heterocycles. The molecule has 4 heteroatoms. The lowest BCUT2D eigenvalue weighted by Crippen LogP contribution is -2.25. The number of hydrogen-bond acceptors (Lipinski definition) is 1. The molecule has 0 aliphatic heterocycles. The van der Waals surface area contributed by atoms with Gasteiger partial charge in [0.25, 0.3) is 0 Å². The molecule has 0 spiro atoms. The Labute approximate surface area is 115 Å². The van der Waals surface area contributed by atoms with Crippen LogP contribution in [0.2, 0.25) is 0 Å². The summed E-state index contributed by atoms with van der Waals surface area (Å²) < 4.78 is 39.7. The lowest BCUT2D eigenvalue weighted by atomic mass is 9.87. The molecule has 1 nitrogen and oxygen atoms in total. The molecule has 0 aliphatic rings. The summed E-state index contributed by atoms with van der Waals surface area (Å²) in [6, 6.07) is 7.16. The van der Waals surface area contributed by atoms with E-state index < -0.39 is 23.1 Å². The van der Waals surface area contributed by atoms with Crippen LogP contribution in [0.1, 0.15) is 23.6 Å². The zero-order valence-electron chi connectivity index (χ0n) is 11.3. The third-order valence-corrected chi connectivity index (χ3v) is 3.33. The molecule has 2 rings (SSSR count). The Morgan fingerprint density at radius 2 is 1.55 bits per heavy atom. The van der Waals surface area contributed by atoms with Crippen LogP contribution < -0.4 is 0 Å². The highest BCUT2D eigenvalue weighted by atomic mass is 19.1. The molecule has 0 aromatic heterocycles. The van der Waals surface area contributed by atoms with E-state index >= 15 is 0 Å². The SMILES string of the molecule is Cc1ccc(F)cc1CC(C)(O)c1cc(F)cc(F)c1. The van der Waals surface area contributed by atoms with Crippen LogP contribution in [0.4, 0.5) is 13.2 Å². The number of aliphatic hydroxyl groups is 1. The standard InChI is InChI=1S/C16H15F3O/c1-10-3-4-13(17)5-11(10)9-16(2,20)12-6-14(18)8-15(19)7-12/h3-8,20H,9H2,1-2H3. The maximum absolute atomic E-state index is 13.3. The van der Waals surface area contributed by atoms with Crippen LogP contribution in [0.25, 0.3) is 0 Å². The summed E-state index contributed by atoms with van der Waals surface area (Å²) in [6.45, 7) is 3.24. The fraction of sp³-hybridized carbons (Fsp3) is 0.250. The van der Waals surface area contributed by atoms with Crippen molar-refractivity contribution in [2.75, 3.05) is 0 Å².